The van der Waals surface area contributed by atoms with Crippen LogP contribution in [-0.2, 0) is 0 Å². The molecule has 0 bridgehead atoms. The molecule has 2 aromatic rings. The zero-order chi connectivity index (χ0) is 12.4. The van der Waals surface area contributed by atoms with E-state index in [2.05, 4.69) is 4.98 Å². The number of thioether (sulfide) groups is 1. The van der Waals surface area contributed by atoms with E-state index in [1.54, 1.807) is 19.2 Å². The van der Waals surface area contributed by atoms with E-state index in [-0.39, 0.29) is 0 Å². The first-order valence-corrected chi connectivity index (χ1v) is 5.88. The Morgan fingerprint density at radius 3 is 2.71 bits per heavy atom. The molecule has 17 heavy (non-hydrogen) atoms. The number of benzene rings is 1. The molecule has 2 rings (SSSR count). The molecule has 1 aromatic carbocycles. The molecule has 0 aliphatic carbocycles. The van der Waals surface area contributed by atoms with Crippen molar-refractivity contribution in [1.29, 1.82) is 0 Å². The number of nitrogens with zero attached hydrogens (tertiary/aromatic N) is 1. The van der Waals surface area contributed by atoms with Crippen LogP contribution in [0, 0.1) is 6.92 Å². The molecule has 0 saturated heterocycles. The second kappa shape index (κ2) is 4.87. The van der Waals surface area contributed by atoms with Gasteiger partial charge in [0.2, 0.25) is 0 Å². The smallest absolute Gasteiger partial charge is 0.290 e. The maximum atomic E-state index is 12.3. The largest absolute Gasteiger partial charge is 0.497 e. The van der Waals surface area contributed by atoms with Crippen molar-refractivity contribution in [2.75, 3.05) is 7.11 Å². The van der Waals surface area contributed by atoms with Gasteiger partial charge in [-0.25, -0.2) is 4.98 Å². The van der Waals surface area contributed by atoms with Crippen molar-refractivity contribution >= 4 is 22.7 Å². The summed E-state index contributed by atoms with van der Waals surface area (Å²) in [5.41, 5.74) is 1.60. The van der Waals surface area contributed by atoms with Gasteiger partial charge in [0, 0.05) is 11.5 Å². The van der Waals surface area contributed by atoms with E-state index >= 15 is 0 Å². The molecule has 1 heterocycles. The molecule has 0 spiro atoms. The highest BCUT2D eigenvalue weighted by Gasteiger charge is 2.09. The fourth-order valence-corrected chi connectivity index (χ4v) is 2.21. The van der Waals surface area contributed by atoms with E-state index in [1.807, 2.05) is 19.1 Å². The van der Waals surface area contributed by atoms with Crippen LogP contribution in [0.15, 0.2) is 29.3 Å². The monoisotopic (exact) mass is 255 g/mol. The van der Waals surface area contributed by atoms with Crippen molar-refractivity contribution < 1.29 is 13.5 Å². The molecular formula is C12H11F2NOS. The number of fused-ring (bicyclic) bond motifs is 1. The van der Waals surface area contributed by atoms with Gasteiger partial charge in [-0.1, -0.05) is 0 Å². The zero-order valence-corrected chi connectivity index (χ0v) is 10.2. The number of alkyl halides is 2. The quantitative estimate of drug-likeness (QED) is 0.777. The van der Waals surface area contributed by atoms with Gasteiger partial charge in [-0.15, -0.1) is 0 Å². The van der Waals surface area contributed by atoms with E-state index in [0.29, 0.717) is 28.1 Å². The number of ether oxygens (including phenoxy) is 1. The van der Waals surface area contributed by atoms with Gasteiger partial charge in [-0.05, 0) is 42.4 Å². The number of aryl methyl sites for hydroxylation is 1. The molecular weight excluding hydrogens is 244 g/mol. The Labute approximate surface area is 102 Å². The fraction of sp³-hybridized carbons (Fsp3) is 0.250. The van der Waals surface area contributed by atoms with Crippen LogP contribution >= 0.6 is 11.8 Å². The molecule has 0 radical (unpaired) electrons. The molecule has 90 valence electrons. The van der Waals surface area contributed by atoms with Gasteiger partial charge < -0.3 is 4.74 Å². The lowest BCUT2D eigenvalue weighted by molar-refractivity contribution is 0.252. The van der Waals surface area contributed by atoms with Crippen LogP contribution in [0.25, 0.3) is 10.9 Å². The Morgan fingerprint density at radius 2 is 2.06 bits per heavy atom. The first kappa shape index (κ1) is 12.1. The van der Waals surface area contributed by atoms with Crippen molar-refractivity contribution in [1.82, 2.24) is 4.98 Å². The van der Waals surface area contributed by atoms with Gasteiger partial charge in [0.1, 0.15) is 10.8 Å². The molecule has 0 fully saturated rings. The number of aromatic nitrogens is 1. The first-order chi connectivity index (χ1) is 8.10. The molecule has 0 atom stereocenters. The summed E-state index contributed by atoms with van der Waals surface area (Å²) < 4.78 is 29.7. The lowest BCUT2D eigenvalue weighted by Crippen LogP contribution is -1.91. The lowest BCUT2D eigenvalue weighted by atomic mass is 10.1. The number of hydrogen-bond donors (Lipinski definition) is 0. The average molecular weight is 255 g/mol. The maximum Gasteiger partial charge on any atom is 0.290 e. The SMILES string of the molecule is COc1ccc2c(C)cc(SC(F)F)nc2c1. The minimum Gasteiger partial charge on any atom is -0.497 e. The van der Waals surface area contributed by atoms with E-state index in [4.69, 9.17) is 4.74 Å². The molecule has 0 N–H and O–H groups in total. The van der Waals surface area contributed by atoms with Crippen LogP contribution < -0.4 is 4.74 Å². The minimum atomic E-state index is -2.45. The molecule has 0 saturated carbocycles. The van der Waals surface area contributed by atoms with E-state index in [0.717, 1.165) is 10.9 Å². The number of hydrogen-bond acceptors (Lipinski definition) is 3. The minimum absolute atomic E-state index is 0.332. The Balaban J connectivity index is 2.53. The molecule has 5 heteroatoms. The van der Waals surface area contributed by atoms with Crippen LogP contribution in [0.1, 0.15) is 5.56 Å². The first-order valence-electron chi connectivity index (χ1n) is 5.00. The summed E-state index contributed by atoms with van der Waals surface area (Å²) in [5, 5.41) is 1.28. The Morgan fingerprint density at radius 1 is 1.29 bits per heavy atom. The second-order valence-electron chi connectivity index (χ2n) is 3.54. The van der Waals surface area contributed by atoms with Gasteiger partial charge in [-0.3, -0.25) is 0 Å². The van der Waals surface area contributed by atoms with Crippen molar-refractivity contribution in [3.63, 3.8) is 0 Å². The summed E-state index contributed by atoms with van der Waals surface area (Å²) in [6.45, 7) is 1.88. The summed E-state index contributed by atoms with van der Waals surface area (Å²) in [4.78, 5) is 4.19. The zero-order valence-electron chi connectivity index (χ0n) is 9.41. The van der Waals surface area contributed by atoms with Crippen molar-refractivity contribution in [3.05, 3.63) is 29.8 Å². The lowest BCUT2D eigenvalue weighted by Gasteiger charge is -2.07. The molecule has 2 nitrogen and oxygen atoms in total. The molecule has 0 aliphatic rings. The van der Waals surface area contributed by atoms with Crippen LogP contribution in [0.4, 0.5) is 8.78 Å². The van der Waals surface area contributed by atoms with Crippen molar-refractivity contribution in [2.45, 2.75) is 17.7 Å². The van der Waals surface area contributed by atoms with Gasteiger partial charge >= 0.3 is 0 Å². The number of methoxy groups -OCH3 is 1. The van der Waals surface area contributed by atoms with E-state index in [9.17, 15) is 8.78 Å². The highest BCUT2D eigenvalue weighted by molar-refractivity contribution is 7.99. The maximum absolute atomic E-state index is 12.3. The van der Waals surface area contributed by atoms with Gasteiger partial charge in [0.05, 0.1) is 12.6 Å². The highest BCUT2D eigenvalue weighted by atomic mass is 32.2. The highest BCUT2D eigenvalue weighted by Crippen LogP contribution is 2.29. The van der Waals surface area contributed by atoms with Crippen LogP contribution in [-0.4, -0.2) is 17.9 Å². The molecule has 0 unspecified atom stereocenters. The van der Waals surface area contributed by atoms with Gasteiger partial charge in [-0.2, -0.15) is 8.78 Å². The average Bonchev–Trinajstić information content (AvgIpc) is 2.27. The van der Waals surface area contributed by atoms with Gasteiger partial charge in [0.15, 0.2) is 0 Å². The third-order valence-electron chi connectivity index (χ3n) is 2.41. The summed E-state index contributed by atoms with van der Waals surface area (Å²) >= 11 is 0.456. The molecule has 0 aliphatic heterocycles. The Bertz CT molecular complexity index is 545. The summed E-state index contributed by atoms with van der Waals surface area (Å²) in [6.07, 6.45) is 0. The summed E-state index contributed by atoms with van der Waals surface area (Å²) in [5.74, 6) is -1.78. The second-order valence-corrected chi connectivity index (χ2v) is 4.55. The van der Waals surface area contributed by atoms with Gasteiger partial charge in [0.25, 0.3) is 5.76 Å². The third kappa shape index (κ3) is 2.66. The van der Waals surface area contributed by atoms with Crippen molar-refractivity contribution in [3.8, 4) is 5.75 Å². The van der Waals surface area contributed by atoms with E-state index < -0.39 is 5.76 Å². The molecule has 0 amide bonds. The van der Waals surface area contributed by atoms with Crippen LogP contribution in [0.5, 0.6) is 5.75 Å². The topological polar surface area (TPSA) is 22.1 Å². The predicted molar refractivity (Wildman–Crippen MR) is 64.9 cm³/mol. The molecule has 1 aromatic heterocycles. The number of pyridine rings is 1. The summed E-state index contributed by atoms with van der Waals surface area (Å²) in [6, 6.07) is 7.13. The number of halogens is 2. The van der Waals surface area contributed by atoms with Crippen LogP contribution in [0.3, 0.4) is 0 Å². The standard InChI is InChI=1S/C12H11F2NOS/c1-7-5-11(17-12(13)14)15-10-6-8(16-2)3-4-9(7)10/h3-6,12H,1-2H3. The Kier molecular flexibility index (Phi) is 3.47. The number of rotatable bonds is 3. The third-order valence-corrected chi connectivity index (χ3v) is 3.04. The van der Waals surface area contributed by atoms with E-state index in [1.165, 1.54) is 0 Å². The summed E-state index contributed by atoms with van der Waals surface area (Å²) in [7, 11) is 1.56. The predicted octanol–water partition coefficient (Wildman–Crippen LogP) is 3.87. The fourth-order valence-electron chi connectivity index (χ4n) is 1.63. The van der Waals surface area contributed by atoms with Crippen LogP contribution in [0.2, 0.25) is 0 Å². The van der Waals surface area contributed by atoms with Crippen molar-refractivity contribution in [2.24, 2.45) is 0 Å². The Hall–Kier alpha value is -1.36. The normalized spacial score (nSPS) is 11.1.